The van der Waals surface area contributed by atoms with Crippen molar-refractivity contribution in [2.75, 3.05) is 6.26 Å². The largest absolute Gasteiger partial charge is 0.241 e. The Balaban J connectivity index is 2.92. The van der Waals surface area contributed by atoms with Crippen LogP contribution in [0.25, 0.3) is 0 Å². The van der Waals surface area contributed by atoms with Crippen molar-refractivity contribution in [2.24, 2.45) is 7.05 Å². The van der Waals surface area contributed by atoms with Crippen molar-refractivity contribution in [2.45, 2.75) is 5.03 Å². The molecule has 0 aliphatic heterocycles. The zero-order valence-corrected chi connectivity index (χ0v) is 5.57. The van der Waals surface area contributed by atoms with Crippen LogP contribution < -0.4 is 0 Å². The van der Waals surface area contributed by atoms with E-state index in [2.05, 4.69) is 16.5 Å². The van der Waals surface area contributed by atoms with Gasteiger partial charge >= 0.3 is 0 Å². The van der Waals surface area contributed by atoms with E-state index >= 15 is 0 Å². The fourth-order valence-corrected chi connectivity index (χ4v) is 0.856. The summed E-state index contributed by atoms with van der Waals surface area (Å²) < 4.78 is 1.69. The minimum Gasteiger partial charge on any atom is -0.241 e. The highest BCUT2D eigenvalue weighted by Gasteiger charge is 1.93. The number of nitrogens with zero attached hydrogens (tertiary/aromatic N) is 3. The lowest BCUT2D eigenvalue weighted by atomic mass is 10.9. The standard InChI is InChI=1S/C4H6N3S/c1-7-4(8-2)3-5-6-7/h1-2H3. The van der Waals surface area contributed by atoms with Gasteiger partial charge < -0.3 is 0 Å². The quantitative estimate of drug-likeness (QED) is 0.511. The number of hydrogen-bond donors (Lipinski definition) is 0. The molecule has 1 rings (SSSR count). The molecule has 0 unspecified atom stereocenters. The highest BCUT2D eigenvalue weighted by molar-refractivity contribution is 7.98. The topological polar surface area (TPSA) is 30.7 Å². The van der Waals surface area contributed by atoms with Crippen molar-refractivity contribution in [3.8, 4) is 0 Å². The van der Waals surface area contributed by atoms with E-state index in [1.165, 1.54) is 0 Å². The zero-order chi connectivity index (χ0) is 5.98. The van der Waals surface area contributed by atoms with E-state index in [9.17, 15) is 0 Å². The first-order valence-corrected chi connectivity index (χ1v) is 3.38. The van der Waals surface area contributed by atoms with Gasteiger partial charge in [-0.3, -0.25) is 0 Å². The molecular formula is C4H6N3S. The van der Waals surface area contributed by atoms with Gasteiger partial charge in [-0.2, -0.15) is 0 Å². The van der Waals surface area contributed by atoms with E-state index in [4.69, 9.17) is 0 Å². The maximum absolute atomic E-state index is 3.68. The van der Waals surface area contributed by atoms with Gasteiger partial charge in [0, 0.05) is 7.05 Å². The molecule has 0 aliphatic rings. The van der Waals surface area contributed by atoms with Gasteiger partial charge in [0.15, 0.2) is 0 Å². The average Bonchev–Trinajstić information content (AvgIpc) is 2.14. The second kappa shape index (κ2) is 2.17. The van der Waals surface area contributed by atoms with Crippen LogP contribution in [0.4, 0.5) is 0 Å². The molecule has 0 spiro atoms. The molecule has 0 saturated heterocycles. The minimum atomic E-state index is 0.963. The molecule has 1 aromatic rings. The van der Waals surface area contributed by atoms with Gasteiger partial charge in [-0.15, -0.1) is 16.9 Å². The Labute approximate surface area is 52.1 Å². The Hall–Kier alpha value is -0.510. The molecule has 0 aliphatic carbocycles. The van der Waals surface area contributed by atoms with E-state index in [1.807, 2.05) is 13.3 Å². The Morgan fingerprint density at radius 1 is 1.75 bits per heavy atom. The number of aryl methyl sites for hydroxylation is 1. The lowest BCUT2D eigenvalue weighted by molar-refractivity contribution is 0.666. The molecule has 1 radical (unpaired) electrons. The maximum Gasteiger partial charge on any atom is 0.150 e. The minimum absolute atomic E-state index is 0.963. The molecule has 0 fully saturated rings. The molecule has 0 aromatic carbocycles. The molecule has 0 atom stereocenters. The first-order valence-electron chi connectivity index (χ1n) is 2.16. The summed E-state index contributed by atoms with van der Waals surface area (Å²) in [5, 5.41) is 8.20. The molecule has 3 nitrogen and oxygen atoms in total. The van der Waals surface area contributed by atoms with Gasteiger partial charge in [-0.1, -0.05) is 5.21 Å². The summed E-state index contributed by atoms with van der Waals surface area (Å²) in [5.74, 6) is 0. The van der Waals surface area contributed by atoms with Gasteiger partial charge in [-0.25, -0.2) is 4.68 Å². The van der Waals surface area contributed by atoms with Crippen LogP contribution in [0.15, 0.2) is 5.03 Å². The lowest BCUT2D eigenvalue weighted by Crippen LogP contribution is -1.90. The van der Waals surface area contributed by atoms with Gasteiger partial charge in [0.2, 0.25) is 0 Å². The lowest BCUT2D eigenvalue weighted by Gasteiger charge is -1.89. The molecule has 0 amide bonds. The third kappa shape index (κ3) is 0.838. The predicted octanol–water partition coefficient (Wildman–Crippen LogP) is 0.337. The fourth-order valence-electron chi connectivity index (χ4n) is 0.423. The Morgan fingerprint density at radius 3 is 2.75 bits per heavy atom. The molecule has 1 aromatic heterocycles. The second-order valence-electron chi connectivity index (χ2n) is 1.33. The van der Waals surface area contributed by atoms with E-state index in [1.54, 1.807) is 16.4 Å². The molecule has 0 N–H and O–H groups in total. The molecule has 43 valence electrons. The van der Waals surface area contributed by atoms with Crippen LogP contribution in [0.5, 0.6) is 0 Å². The molecule has 8 heavy (non-hydrogen) atoms. The third-order valence-electron chi connectivity index (χ3n) is 0.812. The summed E-state index contributed by atoms with van der Waals surface area (Å²) in [5.41, 5.74) is 0. The van der Waals surface area contributed by atoms with Crippen LogP contribution >= 0.6 is 11.8 Å². The summed E-state index contributed by atoms with van der Waals surface area (Å²) >= 11 is 1.58. The van der Waals surface area contributed by atoms with Crippen molar-refractivity contribution in [3.05, 3.63) is 6.20 Å². The van der Waals surface area contributed by atoms with E-state index in [0.29, 0.717) is 0 Å². The van der Waals surface area contributed by atoms with Crippen molar-refractivity contribution < 1.29 is 0 Å². The van der Waals surface area contributed by atoms with Crippen molar-refractivity contribution in [3.63, 3.8) is 0 Å². The van der Waals surface area contributed by atoms with Gasteiger partial charge in [0.1, 0.15) is 11.2 Å². The highest BCUT2D eigenvalue weighted by Crippen LogP contribution is 2.07. The summed E-state index contributed by atoms with van der Waals surface area (Å²) in [6.45, 7) is 0. The predicted molar refractivity (Wildman–Crippen MR) is 31.6 cm³/mol. The van der Waals surface area contributed by atoms with E-state index < -0.39 is 0 Å². The van der Waals surface area contributed by atoms with Gasteiger partial charge in [0.25, 0.3) is 0 Å². The summed E-state index contributed by atoms with van der Waals surface area (Å²) in [7, 11) is 1.84. The van der Waals surface area contributed by atoms with Crippen LogP contribution in [0.3, 0.4) is 0 Å². The Morgan fingerprint density at radius 2 is 2.50 bits per heavy atom. The zero-order valence-electron chi connectivity index (χ0n) is 4.75. The smallest absolute Gasteiger partial charge is 0.150 e. The van der Waals surface area contributed by atoms with Crippen LogP contribution in [0, 0.1) is 6.20 Å². The number of thioether (sulfide) groups is 1. The summed E-state index contributed by atoms with van der Waals surface area (Å²) in [6.07, 6.45) is 4.69. The third-order valence-corrected chi connectivity index (χ3v) is 1.55. The fraction of sp³-hybridized carbons (Fsp3) is 0.500. The Kier molecular flexibility index (Phi) is 1.53. The second-order valence-corrected chi connectivity index (χ2v) is 2.13. The van der Waals surface area contributed by atoms with Crippen molar-refractivity contribution in [1.82, 2.24) is 15.0 Å². The van der Waals surface area contributed by atoms with Crippen LogP contribution in [-0.2, 0) is 7.05 Å². The summed E-state index contributed by atoms with van der Waals surface area (Å²) in [4.78, 5) is 0. The van der Waals surface area contributed by atoms with Crippen molar-refractivity contribution >= 4 is 11.8 Å². The molecule has 0 bridgehead atoms. The number of hydrogen-bond acceptors (Lipinski definition) is 3. The molecule has 4 heteroatoms. The van der Waals surface area contributed by atoms with Crippen molar-refractivity contribution in [1.29, 1.82) is 0 Å². The SMILES string of the molecule is CSc1[c]nnn1C. The normalized spacial score (nSPS) is 9.75. The monoisotopic (exact) mass is 128 g/mol. The van der Waals surface area contributed by atoms with Gasteiger partial charge in [-0.05, 0) is 6.26 Å². The molecule has 1 heterocycles. The molecular weight excluding hydrogens is 122 g/mol. The van der Waals surface area contributed by atoms with E-state index in [0.717, 1.165) is 5.03 Å². The van der Waals surface area contributed by atoms with E-state index in [-0.39, 0.29) is 0 Å². The van der Waals surface area contributed by atoms with Gasteiger partial charge in [0.05, 0.1) is 0 Å². The van der Waals surface area contributed by atoms with Crippen LogP contribution in [0.2, 0.25) is 0 Å². The molecule has 0 saturated carbocycles. The van der Waals surface area contributed by atoms with Crippen LogP contribution in [0.1, 0.15) is 0 Å². The first-order chi connectivity index (χ1) is 3.84. The maximum atomic E-state index is 3.68. The van der Waals surface area contributed by atoms with Crippen LogP contribution in [-0.4, -0.2) is 21.2 Å². The highest BCUT2D eigenvalue weighted by atomic mass is 32.2. The number of aromatic nitrogens is 3. The first kappa shape index (κ1) is 5.62. The average molecular weight is 128 g/mol. The summed E-state index contributed by atoms with van der Waals surface area (Å²) in [6, 6.07) is 0. The number of rotatable bonds is 1. The Bertz CT molecular complexity index is 172.